The third kappa shape index (κ3) is 3.94. The maximum Gasteiger partial charge on any atom is 0.322 e. The minimum Gasteiger partial charge on any atom is -0.481 e. The van der Waals surface area contributed by atoms with Crippen molar-refractivity contribution in [3.63, 3.8) is 0 Å². The number of nitrogens with zero attached hydrogens (tertiary/aromatic N) is 3. The standard InChI is InChI=1S/C7H9ClN4O3/c1-15-7-11-5(8)10-6(12-7)9-3-2-4(13)14/h2-3H2,1H3,(H,13,14)(H,9,10,11,12). The van der Waals surface area contributed by atoms with Crippen LogP contribution in [0.5, 0.6) is 6.01 Å². The van der Waals surface area contributed by atoms with Gasteiger partial charge in [0.25, 0.3) is 0 Å². The van der Waals surface area contributed by atoms with Crippen LogP contribution in [0.3, 0.4) is 0 Å². The van der Waals surface area contributed by atoms with Crippen LogP contribution in [0.15, 0.2) is 0 Å². The van der Waals surface area contributed by atoms with Crippen molar-refractivity contribution in [3.05, 3.63) is 5.28 Å². The monoisotopic (exact) mass is 232 g/mol. The predicted octanol–water partition coefficient (Wildman–Crippen LogP) is 0.420. The molecule has 7 nitrogen and oxygen atoms in total. The van der Waals surface area contributed by atoms with Crippen LogP contribution in [0.2, 0.25) is 5.28 Å². The number of hydrogen-bond acceptors (Lipinski definition) is 6. The Balaban J connectivity index is 2.60. The topological polar surface area (TPSA) is 97.2 Å². The number of halogens is 1. The molecule has 0 bridgehead atoms. The molecule has 0 radical (unpaired) electrons. The molecule has 1 aromatic rings. The maximum absolute atomic E-state index is 10.2. The van der Waals surface area contributed by atoms with Crippen molar-refractivity contribution in [2.75, 3.05) is 19.0 Å². The van der Waals surface area contributed by atoms with Crippen LogP contribution >= 0.6 is 11.6 Å². The summed E-state index contributed by atoms with van der Waals surface area (Å²) in [6.45, 7) is 0.207. The summed E-state index contributed by atoms with van der Waals surface area (Å²) in [6.07, 6.45) is -0.0361. The zero-order valence-electron chi connectivity index (χ0n) is 7.90. The van der Waals surface area contributed by atoms with Gasteiger partial charge in [-0.1, -0.05) is 0 Å². The quantitative estimate of drug-likeness (QED) is 0.759. The Kier molecular flexibility index (Phi) is 4.04. The smallest absolute Gasteiger partial charge is 0.322 e. The van der Waals surface area contributed by atoms with Crippen LogP contribution in [0.25, 0.3) is 0 Å². The Bertz CT molecular complexity index is 360. The van der Waals surface area contributed by atoms with Gasteiger partial charge in [-0.15, -0.1) is 0 Å². The van der Waals surface area contributed by atoms with E-state index in [1.165, 1.54) is 7.11 Å². The molecule has 0 aliphatic carbocycles. The molecule has 0 spiro atoms. The van der Waals surface area contributed by atoms with Gasteiger partial charge in [0, 0.05) is 6.54 Å². The highest BCUT2D eigenvalue weighted by Gasteiger charge is 2.04. The molecule has 15 heavy (non-hydrogen) atoms. The van der Waals surface area contributed by atoms with Gasteiger partial charge in [-0.3, -0.25) is 4.79 Å². The van der Waals surface area contributed by atoms with Crippen LogP contribution in [0, 0.1) is 0 Å². The molecule has 1 rings (SSSR count). The molecule has 8 heteroatoms. The average Bonchev–Trinajstić information content (AvgIpc) is 2.16. The van der Waals surface area contributed by atoms with Crippen LogP contribution in [-0.2, 0) is 4.79 Å². The normalized spacial score (nSPS) is 9.73. The number of carboxylic acid groups (broad SMARTS) is 1. The first kappa shape index (κ1) is 11.4. The van der Waals surface area contributed by atoms with Crippen LogP contribution < -0.4 is 10.1 Å². The van der Waals surface area contributed by atoms with Gasteiger partial charge >= 0.3 is 12.0 Å². The van der Waals surface area contributed by atoms with E-state index in [2.05, 4.69) is 20.3 Å². The summed E-state index contributed by atoms with van der Waals surface area (Å²) in [5, 5.41) is 11.1. The van der Waals surface area contributed by atoms with E-state index in [9.17, 15) is 4.79 Å². The van der Waals surface area contributed by atoms with Crippen molar-refractivity contribution in [1.29, 1.82) is 0 Å². The summed E-state index contributed by atoms with van der Waals surface area (Å²) in [6, 6.07) is 0.0767. The van der Waals surface area contributed by atoms with Gasteiger partial charge in [-0.25, -0.2) is 0 Å². The largest absolute Gasteiger partial charge is 0.481 e. The molecule has 0 saturated heterocycles. The van der Waals surface area contributed by atoms with Crippen LogP contribution in [-0.4, -0.2) is 39.7 Å². The fourth-order valence-corrected chi connectivity index (χ4v) is 0.936. The van der Waals surface area contributed by atoms with Crippen molar-refractivity contribution in [1.82, 2.24) is 15.0 Å². The van der Waals surface area contributed by atoms with Gasteiger partial charge in [0.05, 0.1) is 13.5 Å². The zero-order chi connectivity index (χ0) is 11.3. The lowest BCUT2D eigenvalue weighted by Gasteiger charge is -2.04. The molecule has 1 aromatic heterocycles. The molecule has 0 aliphatic rings. The first-order valence-corrected chi connectivity index (χ1v) is 4.41. The first-order chi connectivity index (χ1) is 7.11. The summed E-state index contributed by atoms with van der Waals surface area (Å²) in [4.78, 5) is 21.4. The van der Waals surface area contributed by atoms with E-state index < -0.39 is 5.97 Å². The number of methoxy groups -OCH3 is 1. The van der Waals surface area contributed by atoms with E-state index in [-0.39, 0.29) is 30.2 Å². The number of hydrogen-bond donors (Lipinski definition) is 2. The first-order valence-electron chi connectivity index (χ1n) is 4.03. The second kappa shape index (κ2) is 5.30. The van der Waals surface area contributed by atoms with Crippen LogP contribution in [0.4, 0.5) is 5.95 Å². The van der Waals surface area contributed by atoms with Gasteiger partial charge in [0.1, 0.15) is 0 Å². The van der Waals surface area contributed by atoms with Gasteiger partial charge < -0.3 is 15.2 Å². The number of nitrogens with one attached hydrogen (secondary N) is 1. The van der Waals surface area contributed by atoms with E-state index >= 15 is 0 Å². The molecule has 0 atom stereocenters. The van der Waals surface area contributed by atoms with E-state index in [4.69, 9.17) is 21.4 Å². The number of anilines is 1. The minimum absolute atomic E-state index is 0.0142. The summed E-state index contributed by atoms with van der Waals surface area (Å²) >= 11 is 5.57. The van der Waals surface area contributed by atoms with Gasteiger partial charge in [-0.2, -0.15) is 15.0 Å². The lowest BCUT2D eigenvalue weighted by molar-refractivity contribution is -0.136. The van der Waals surface area contributed by atoms with Crippen LogP contribution in [0.1, 0.15) is 6.42 Å². The Morgan fingerprint density at radius 3 is 2.87 bits per heavy atom. The van der Waals surface area contributed by atoms with Crippen molar-refractivity contribution < 1.29 is 14.6 Å². The molecule has 0 saturated carbocycles. The number of aromatic nitrogens is 3. The molecule has 0 unspecified atom stereocenters. The Labute approximate surface area is 90.5 Å². The number of ether oxygens (including phenoxy) is 1. The Hall–Kier alpha value is -1.63. The molecular formula is C7H9ClN4O3. The summed E-state index contributed by atoms with van der Waals surface area (Å²) < 4.78 is 4.76. The van der Waals surface area contributed by atoms with E-state index in [0.29, 0.717) is 0 Å². The number of rotatable bonds is 5. The number of carbonyl (C=O) groups is 1. The molecule has 2 N–H and O–H groups in total. The minimum atomic E-state index is -0.908. The highest BCUT2D eigenvalue weighted by Crippen LogP contribution is 2.10. The highest BCUT2D eigenvalue weighted by atomic mass is 35.5. The van der Waals surface area contributed by atoms with E-state index in [1.54, 1.807) is 0 Å². The van der Waals surface area contributed by atoms with Gasteiger partial charge in [0.15, 0.2) is 0 Å². The fourth-order valence-electron chi connectivity index (χ4n) is 0.783. The molecule has 0 aromatic carbocycles. The lowest BCUT2D eigenvalue weighted by Crippen LogP contribution is -2.10. The van der Waals surface area contributed by atoms with E-state index in [1.807, 2.05) is 0 Å². The third-order valence-electron chi connectivity index (χ3n) is 1.39. The van der Waals surface area contributed by atoms with E-state index in [0.717, 1.165) is 0 Å². The summed E-state index contributed by atoms with van der Waals surface area (Å²) in [5.74, 6) is -0.720. The van der Waals surface area contributed by atoms with Crippen molar-refractivity contribution >= 4 is 23.5 Å². The highest BCUT2D eigenvalue weighted by molar-refractivity contribution is 6.28. The fraction of sp³-hybridized carbons (Fsp3) is 0.429. The summed E-state index contributed by atoms with van der Waals surface area (Å²) in [7, 11) is 1.40. The second-order valence-electron chi connectivity index (χ2n) is 2.49. The molecule has 1 heterocycles. The molecule has 82 valence electrons. The van der Waals surface area contributed by atoms with Crippen molar-refractivity contribution in [2.24, 2.45) is 0 Å². The van der Waals surface area contributed by atoms with Crippen molar-refractivity contribution in [3.8, 4) is 6.01 Å². The number of carboxylic acids is 1. The second-order valence-corrected chi connectivity index (χ2v) is 2.82. The third-order valence-corrected chi connectivity index (χ3v) is 1.56. The average molecular weight is 233 g/mol. The molecule has 0 amide bonds. The molecule has 0 aliphatic heterocycles. The molecule has 0 fully saturated rings. The SMILES string of the molecule is COc1nc(Cl)nc(NCCC(=O)O)n1. The maximum atomic E-state index is 10.2. The zero-order valence-corrected chi connectivity index (χ0v) is 8.65. The van der Waals surface area contributed by atoms with Gasteiger partial charge in [-0.05, 0) is 11.6 Å². The predicted molar refractivity (Wildman–Crippen MR) is 52.1 cm³/mol. The van der Waals surface area contributed by atoms with Gasteiger partial charge in [0.2, 0.25) is 11.2 Å². The lowest BCUT2D eigenvalue weighted by atomic mass is 10.4. The Morgan fingerprint density at radius 1 is 1.53 bits per heavy atom. The van der Waals surface area contributed by atoms with Crippen molar-refractivity contribution in [2.45, 2.75) is 6.42 Å². The number of aliphatic carboxylic acids is 1. The summed E-state index contributed by atoms with van der Waals surface area (Å²) in [5.41, 5.74) is 0. The molecular weight excluding hydrogens is 224 g/mol. The Morgan fingerprint density at radius 2 is 2.27 bits per heavy atom.